The molecule has 1 amide bonds. The van der Waals surface area contributed by atoms with E-state index in [1.165, 1.54) is 0 Å². The molecule has 3 N–H and O–H groups in total. The SMILES string of the molecule is O=C(CCc1cccc(-c2nccc(Nc3ccc4[nH]ncc4c3)n2)c1)NC1CC1. The fourth-order valence-electron chi connectivity index (χ4n) is 3.39. The number of rotatable bonds is 7. The second kappa shape index (κ2) is 7.94. The highest BCUT2D eigenvalue weighted by Gasteiger charge is 2.22. The van der Waals surface area contributed by atoms with E-state index < -0.39 is 0 Å². The molecule has 1 saturated carbocycles. The summed E-state index contributed by atoms with van der Waals surface area (Å²) in [6, 6.07) is 16.3. The molecule has 0 aliphatic heterocycles. The molecule has 30 heavy (non-hydrogen) atoms. The van der Waals surface area contributed by atoms with Gasteiger partial charge in [-0.1, -0.05) is 18.2 Å². The number of anilines is 2. The number of benzene rings is 2. The van der Waals surface area contributed by atoms with Gasteiger partial charge in [-0.2, -0.15) is 5.10 Å². The first-order chi connectivity index (χ1) is 14.7. The van der Waals surface area contributed by atoms with Crippen LogP contribution in [0, 0.1) is 0 Å². The van der Waals surface area contributed by atoms with E-state index >= 15 is 0 Å². The minimum Gasteiger partial charge on any atom is -0.353 e. The normalized spacial score (nSPS) is 13.3. The molecule has 7 heteroatoms. The molecule has 150 valence electrons. The van der Waals surface area contributed by atoms with E-state index in [1.54, 1.807) is 12.4 Å². The van der Waals surface area contributed by atoms with Crippen LogP contribution in [0.25, 0.3) is 22.3 Å². The predicted molar refractivity (Wildman–Crippen MR) is 116 cm³/mol. The Morgan fingerprint density at radius 3 is 2.97 bits per heavy atom. The van der Waals surface area contributed by atoms with Crippen LogP contribution in [0.1, 0.15) is 24.8 Å². The number of aromatic nitrogens is 4. The molecule has 2 aromatic heterocycles. The average Bonchev–Trinajstić information content (AvgIpc) is 3.46. The molecule has 0 saturated heterocycles. The van der Waals surface area contributed by atoms with E-state index in [2.05, 4.69) is 36.9 Å². The van der Waals surface area contributed by atoms with Gasteiger partial charge in [0.25, 0.3) is 0 Å². The quantitative estimate of drug-likeness (QED) is 0.438. The first-order valence-corrected chi connectivity index (χ1v) is 10.1. The van der Waals surface area contributed by atoms with Gasteiger partial charge < -0.3 is 10.6 Å². The molecule has 0 spiro atoms. The standard InChI is InChI=1S/C23H22N6O/c30-22(27-18-5-6-18)9-4-15-2-1-3-16(12-15)23-24-11-10-21(28-23)26-19-7-8-20-17(13-19)14-25-29-20/h1-3,7-8,10-14,18H,4-6,9H2,(H,25,29)(H,27,30)(H,24,26,28). The van der Waals surface area contributed by atoms with Crippen molar-refractivity contribution in [1.29, 1.82) is 0 Å². The maximum absolute atomic E-state index is 12.0. The van der Waals surface area contributed by atoms with Gasteiger partial charge in [0.1, 0.15) is 5.82 Å². The third-order valence-electron chi connectivity index (χ3n) is 5.14. The summed E-state index contributed by atoms with van der Waals surface area (Å²) in [6.07, 6.45) is 6.96. The number of amides is 1. The number of H-pyrrole nitrogens is 1. The maximum atomic E-state index is 12.0. The van der Waals surface area contributed by atoms with Crippen LogP contribution in [-0.2, 0) is 11.2 Å². The Balaban J connectivity index is 1.29. The van der Waals surface area contributed by atoms with Crippen molar-refractivity contribution in [2.75, 3.05) is 5.32 Å². The van der Waals surface area contributed by atoms with Gasteiger partial charge in [0, 0.05) is 35.3 Å². The Hall–Kier alpha value is -3.74. The van der Waals surface area contributed by atoms with Crippen molar-refractivity contribution in [3.63, 3.8) is 0 Å². The van der Waals surface area contributed by atoms with E-state index in [0.29, 0.717) is 24.7 Å². The number of carbonyl (C=O) groups is 1. The summed E-state index contributed by atoms with van der Waals surface area (Å²) in [6.45, 7) is 0. The molecule has 0 radical (unpaired) electrons. The molecule has 4 aromatic rings. The molecule has 1 fully saturated rings. The number of aryl methyl sites for hydroxylation is 1. The summed E-state index contributed by atoms with van der Waals surface area (Å²) in [5.41, 5.74) is 3.96. The number of aromatic amines is 1. The molecular formula is C23H22N6O. The molecule has 0 atom stereocenters. The molecule has 5 rings (SSSR count). The smallest absolute Gasteiger partial charge is 0.220 e. The Bertz CT molecular complexity index is 1200. The fraction of sp³-hybridized carbons (Fsp3) is 0.217. The zero-order chi connectivity index (χ0) is 20.3. The van der Waals surface area contributed by atoms with Crippen LogP contribution in [0.15, 0.2) is 60.9 Å². The lowest BCUT2D eigenvalue weighted by atomic mass is 10.1. The fourth-order valence-corrected chi connectivity index (χ4v) is 3.39. The number of carbonyl (C=O) groups excluding carboxylic acids is 1. The summed E-state index contributed by atoms with van der Waals surface area (Å²) < 4.78 is 0. The highest BCUT2D eigenvalue weighted by atomic mass is 16.1. The average molecular weight is 398 g/mol. The van der Waals surface area contributed by atoms with E-state index in [-0.39, 0.29) is 5.91 Å². The molecule has 0 bridgehead atoms. The number of nitrogens with zero attached hydrogens (tertiary/aromatic N) is 3. The van der Waals surface area contributed by atoms with Crippen molar-refractivity contribution in [2.24, 2.45) is 0 Å². The third-order valence-corrected chi connectivity index (χ3v) is 5.14. The van der Waals surface area contributed by atoms with Crippen molar-refractivity contribution in [1.82, 2.24) is 25.5 Å². The Morgan fingerprint density at radius 2 is 2.07 bits per heavy atom. The van der Waals surface area contributed by atoms with Gasteiger partial charge in [0.2, 0.25) is 5.91 Å². The Kier molecular flexibility index (Phi) is 4.85. The Morgan fingerprint density at radius 1 is 1.13 bits per heavy atom. The molecule has 1 aliphatic rings. The largest absolute Gasteiger partial charge is 0.353 e. The van der Waals surface area contributed by atoms with Gasteiger partial charge in [-0.15, -0.1) is 0 Å². The molecule has 1 aliphatic carbocycles. The summed E-state index contributed by atoms with van der Waals surface area (Å²) in [5, 5.41) is 14.4. The second-order valence-electron chi connectivity index (χ2n) is 7.60. The minimum absolute atomic E-state index is 0.125. The summed E-state index contributed by atoms with van der Waals surface area (Å²) in [4.78, 5) is 21.1. The third kappa shape index (κ3) is 4.30. The van der Waals surface area contributed by atoms with Crippen LogP contribution in [0.2, 0.25) is 0 Å². The van der Waals surface area contributed by atoms with E-state index in [0.717, 1.165) is 46.4 Å². The van der Waals surface area contributed by atoms with E-state index in [4.69, 9.17) is 0 Å². The van der Waals surface area contributed by atoms with Crippen LogP contribution < -0.4 is 10.6 Å². The number of hydrogen-bond acceptors (Lipinski definition) is 5. The van der Waals surface area contributed by atoms with E-state index in [9.17, 15) is 4.79 Å². The van der Waals surface area contributed by atoms with Crippen LogP contribution in [0.5, 0.6) is 0 Å². The number of nitrogens with one attached hydrogen (secondary N) is 3. The maximum Gasteiger partial charge on any atom is 0.220 e. The second-order valence-corrected chi connectivity index (χ2v) is 7.60. The predicted octanol–water partition coefficient (Wildman–Crippen LogP) is 3.97. The molecule has 2 aromatic carbocycles. The molecule has 2 heterocycles. The van der Waals surface area contributed by atoms with Crippen molar-refractivity contribution < 1.29 is 4.79 Å². The van der Waals surface area contributed by atoms with Crippen LogP contribution in [-0.4, -0.2) is 32.1 Å². The van der Waals surface area contributed by atoms with Gasteiger partial charge in [-0.05, 0) is 55.2 Å². The zero-order valence-electron chi connectivity index (χ0n) is 16.4. The molecule has 0 unspecified atom stereocenters. The number of fused-ring (bicyclic) bond motifs is 1. The molecular weight excluding hydrogens is 376 g/mol. The van der Waals surface area contributed by atoms with Gasteiger partial charge in [-0.25, -0.2) is 9.97 Å². The van der Waals surface area contributed by atoms with Gasteiger partial charge in [0.15, 0.2) is 5.82 Å². The summed E-state index contributed by atoms with van der Waals surface area (Å²) >= 11 is 0. The highest BCUT2D eigenvalue weighted by Crippen LogP contribution is 2.23. The lowest BCUT2D eigenvalue weighted by molar-refractivity contribution is -0.121. The molecule has 7 nitrogen and oxygen atoms in total. The van der Waals surface area contributed by atoms with E-state index in [1.807, 2.05) is 42.5 Å². The van der Waals surface area contributed by atoms with Crippen molar-refractivity contribution in [2.45, 2.75) is 31.7 Å². The van der Waals surface area contributed by atoms with Crippen LogP contribution in [0.3, 0.4) is 0 Å². The Labute approximate surface area is 174 Å². The van der Waals surface area contributed by atoms with Crippen molar-refractivity contribution in [3.05, 3.63) is 66.5 Å². The monoisotopic (exact) mass is 398 g/mol. The van der Waals surface area contributed by atoms with Crippen molar-refractivity contribution in [3.8, 4) is 11.4 Å². The highest BCUT2D eigenvalue weighted by molar-refractivity contribution is 5.82. The first kappa shape index (κ1) is 18.3. The van der Waals surface area contributed by atoms with Gasteiger partial charge in [0.05, 0.1) is 11.7 Å². The van der Waals surface area contributed by atoms with Crippen LogP contribution in [0.4, 0.5) is 11.5 Å². The van der Waals surface area contributed by atoms with Crippen molar-refractivity contribution >= 4 is 28.3 Å². The van der Waals surface area contributed by atoms with Crippen LogP contribution >= 0.6 is 0 Å². The zero-order valence-corrected chi connectivity index (χ0v) is 16.4. The minimum atomic E-state index is 0.125. The summed E-state index contributed by atoms with van der Waals surface area (Å²) in [5.74, 6) is 1.49. The summed E-state index contributed by atoms with van der Waals surface area (Å²) in [7, 11) is 0. The topological polar surface area (TPSA) is 95.6 Å². The number of hydrogen-bond donors (Lipinski definition) is 3. The lowest BCUT2D eigenvalue weighted by Crippen LogP contribution is -2.25. The lowest BCUT2D eigenvalue weighted by Gasteiger charge is -2.08. The van der Waals surface area contributed by atoms with Gasteiger partial charge >= 0.3 is 0 Å². The van der Waals surface area contributed by atoms with Gasteiger partial charge in [-0.3, -0.25) is 9.89 Å². The first-order valence-electron chi connectivity index (χ1n) is 10.1.